The molecule has 1 saturated carbocycles. The number of allylic oxidation sites excluding steroid dienone is 4. The fourth-order valence-corrected chi connectivity index (χ4v) is 15.0. The first-order chi connectivity index (χ1) is 36.2. The summed E-state index contributed by atoms with van der Waals surface area (Å²) in [5.41, 5.74) is 23.0. The molecule has 0 N–H and O–H groups in total. The molecule has 2 heteroatoms. The van der Waals surface area contributed by atoms with Gasteiger partial charge in [-0.25, -0.2) is 0 Å². The summed E-state index contributed by atoms with van der Waals surface area (Å²) in [5, 5.41) is 4.81. The van der Waals surface area contributed by atoms with Crippen molar-refractivity contribution in [2.24, 2.45) is 17.8 Å². The zero-order chi connectivity index (χ0) is 49.5. The third-order valence-corrected chi connectivity index (χ3v) is 18.5. The van der Waals surface area contributed by atoms with Gasteiger partial charge in [0.1, 0.15) is 11.2 Å². The van der Waals surface area contributed by atoms with Crippen molar-refractivity contribution >= 4 is 49.7 Å². The van der Waals surface area contributed by atoms with Crippen LogP contribution in [0.4, 0.5) is 11.4 Å². The molecule has 9 aromatic carbocycles. The maximum Gasteiger partial charge on any atom is 0.135 e. The second-order valence-electron chi connectivity index (χ2n) is 23.0. The van der Waals surface area contributed by atoms with Gasteiger partial charge < -0.3 is 9.32 Å². The van der Waals surface area contributed by atoms with Crippen molar-refractivity contribution in [1.29, 1.82) is 0 Å². The summed E-state index contributed by atoms with van der Waals surface area (Å²) in [5.74, 6) is 1.83. The fourth-order valence-electron chi connectivity index (χ4n) is 15.0. The van der Waals surface area contributed by atoms with E-state index in [9.17, 15) is 0 Å². The Balaban J connectivity index is 0.994. The molecule has 15 rings (SSSR count). The van der Waals surface area contributed by atoms with Crippen LogP contribution < -0.4 is 4.90 Å². The summed E-state index contributed by atoms with van der Waals surface area (Å²) in [6.07, 6.45) is 11.9. The maximum absolute atomic E-state index is 6.38. The number of hydrogen-bond donors (Lipinski definition) is 0. The monoisotopic (exact) mass is 953 g/mol. The minimum Gasteiger partial charge on any atom is -0.456 e. The number of hydrogen-bond acceptors (Lipinski definition) is 2. The first-order valence-corrected chi connectivity index (χ1v) is 27.1. The van der Waals surface area contributed by atoms with Crippen LogP contribution in [-0.2, 0) is 10.8 Å². The third-order valence-electron chi connectivity index (χ3n) is 18.5. The minimum absolute atomic E-state index is 0.0559. The van der Waals surface area contributed by atoms with Gasteiger partial charge in [-0.3, -0.25) is 0 Å². The van der Waals surface area contributed by atoms with E-state index in [2.05, 4.69) is 251 Å². The number of anilines is 2. The van der Waals surface area contributed by atoms with Crippen LogP contribution in [0.1, 0.15) is 80.7 Å². The highest BCUT2D eigenvalue weighted by atomic mass is 16.3. The minimum atomic E-state index is -0.255. The summed E-state index contributed by atoms with van der Waals surface area (Å²) < 4.78 is 6.38. The van der Waals surface area contributed by atoms with Crippen molar-refractivity contribution in [3.05, 3.63) is 257 Å². The average Bonchev–Trinajstić information content (AvgIpc) is 4.15. The molecule has 2 bridgehead atoms. The summed E-state index contributed by atoms with van der Waals surface area (Å²) in [6, 6.07) is 75.5. The van der Waals surface area contributed by atoms with Gasteiger partial charge >= 0.3 is 0 Å². The van der Waals surface area contributed by atoms with E-state index < -0.39 is 0 Å². The molecule has 1 aromatic heterocycles. The Hall–Kier alpha value is -7.94. The Morgan fingerprint density at radius 3 is 2.08 bits per heavy atom. The Kier molecular flexibility index (Phi) is 9.60. The molecular weight excluding hydrogens is 895 g/mol. The van der Waals surface area contributed by atoms with Crippen molar-refractivity contribution in [3.8, 4) is 33.4 Å². The van der Waals surface area contributed by atoms with E-state index in [1.165, 1.54) is 108 Å². The largest absolute Gasteiger partial charge is 0.456 e. The molecule has 10 aromatic rings. The maximum atomic E-state index is 6.38. The number of benzene rings is 9. The van der Waals surface area contributed by atoms with Crippen LogP contribution in [0, 0.1) is 17.8 Å². The van der Waals surface area contributed by atoms with Gasteiger partial charge in [0, 0.05) is 38.9 Å². The lowest BCUT2D eigenvalue weighted by atomic mass is 9.54. The zero-order valence-corrected chi connectivity index (χ0v) is 42.6. The van der Waals surface area contributed by atoms with Gasteiger partial charge in [0.2, 0.25) is 0 Å². The molecule has 5 aliphatic rings. The molecule has 0 aliphatic heterocycles. The lowest BCUT2D eigenvalue weighted by Gasteiger charge is -2.50. The Morgan fingerprint density at radius 2 is 1.20 bits per heavy atom. The second kappa shape index (κ2) is 16.3. The number of para-hydroxylation sites is 1. The van der Waals surface area contributed by atoms with Gasteiger partial charge in [-0.05, 0) is 176 Å². The molecule has 2 nitrogen and oxygen atoms in total. The quantitative estimate of drug-likeness (QED) is 0.154. The van der Waals surface area contributed by atoms with E-state index >= 15 is 0 Å². The van der Waals surface area contributed by atoms with Gasteiger partial charge in [0.25, 0.3) is 0 Å². The number of nitrogens with zero attached hydrogens (tertiary/aromatic N) is 1. The van der Waals surface area contributed by atoms with Crippen molar-refractivity contribution < 1.29 is 4.42 Å². The van der Waals surface area contributed by atoms with Crippen LogP contribution >= 0.6 is 0 Å². The van der Waals surface area contributed by atoms with Crippen LogP contribution in [-0.4, -0.2) is 6.04 Å². The molecule has 6 unspecified atom stereocenters. The average molecular weight is 954 g/mol. The molecule has 1 spiro atoms. The molecular formula is C72H59NO. The van der Waals surface area contributed by atoms with E-state index in [1.807, 2.05) is 0 Å². The summed E-state index contributed by atoms with van der Waals surface area (Å²) in [6.45, 7) is 9.81. The van der Waals surface area contributed by atoms with E-state index in [4.69, 9.17) is 4.42 Å². The summed E-state index contributed by atoms with van der Waals surface area (Å²) >= 11 is 0. The third kappa shape index (κ3) is 6.49. The van der Waals surface area contributed by atoms with Crippen molar-refractivity contribution in [2.45, 2.75) is 69.7 Å². The lowest BCUT2D eigenvalue weighted by molar-refractivity contribution is 0.165. The molecule has 358 valence electrons. The molecule has 0 saturated heterocycles. The summed E-state index contributed by atoms with van der Waals surface area (Å²) in [7, 11) is 0. The summed E-state index contributed by atoms with van der Waals surface area (Å²) in [4.78, 5) is 2.71. The SMILES string of the molecule is CC1=CC2(C3=CC(c4ccc5c(c4)C(C)(C)c4ccccc4-5)=CC(N(c4ccc(-c5ccccc5)cc4)c4ccc5ccccc5c4)C3c3cc(-c4ccc5oc6ccccc6c5c4)ccc32)C2CC(C)CC1C2. The lowest BCUT2D eigenvalue weighted by Crippen LogP contribution is -2.44. The van der Waals surface area contributed by atoms with Crippen LogP contribution in [0.25, 0.3) is 71.7 Å². The molecule has 6 atom stereocenters. The highest BCUT2D eigenvalue weighted by molar-refractivity contribution is 6.06. The fraction of sp³-hybridized carbons (Fsp3) is 0.194. The van der Waals surface area contributed by atoms with Crippen LogP contribution in [0.5, 0.6) is 0 Å². The molecule has 0 radical (unpaired) electrons. The van der Waals surface area contributed by atoms with E-state index in [-0.39, 0.29) is 22.8 Å². The Labute approximate surface area is 435 Å². The van der Waals surface area contributed by atoms with E-state index in [0.717, 1.165) is 21.9 Å². The number of rotatable bonds is 6. The highest BCUT2D eigenvalue weighted by Crippen LogP contribution is 2.66. The predicted octanol–water partition coefficient (Wildman–Crippen LogP) is 19.0. The number of furan rings is 1. The van der Waals surface area contributed by atoms with Crippen LogP contribution in [0.3, 0.4) is 0 Å². The molecule has 1 heterocycles. The van der Waals surface area contributed by atoms with Gasteiger partial charge in [0.05, 0.1) is 6.04 Å². The first kappa shape index (κ1) is 43.6. The highest BCUT2D eigenvalue weighted by Gasteiger charge is 2.58. The van der Waals surface area contributed by atoms with Gasteiger partial charge in [-0.1, -0.05) is 196 Å². The van der Waals surface area contributed by atoms with Crippen LogP contribution in [0.2, 0.25) is 0 Å². The zero-order valence-electron chi connectivity index (χ0n) is 42.6. The topological polar surface area (TPSA) is 16.4 Å². The van der Waals surface area contributed by atoms with E-state index in [1.54, 1.807) is 11.1 Å². The van der Waals surface area contributed by atoms with Crippen molar-refractivity contribution in [2.75, 3.05) is 4.90 Å². The van der Waals surface area contributed by atoms with Crippen molar-refractivity contribution in [1.82, 2.24) is 0 Å². The number of fused-ring (bicyclic) bond motifs is 15. The molecule has 5 aliphatic carbocycles. The standard InChI is InChI=1S/C72H59NO/c1-44-34-53-36-55(35-44)72(43-45(53)2)64-32-26-50(51-27-33-69-61(38-51)60-19-11-13-21-68(60)74-69)39-62(64)70-66(72)41-54(52-25-31-59-58-18-10-12-20-63(58)71(3,4)65(59)40-52)42-67(70)73(57-30-24-47-16-8-9-17-49(47)37-57)56-28-22-48(23-29-56)46-14-6-5-7-15-46/h5-33,37-44,53,55,67,70H,34-36H2,1-4H3. The normalized spacial score (nSPS) is 23.0. The predicted molar refractivity (Wildman–Crippen MR) is 309 cm³/mol. The van der Waals surface area contributed by atoms with Crippen LogP contribution in [0.15, 0.2) is 234 Å². The molecule has 0 amide bonds. The van der Waals surface area contributed by atoms with Gasteiger partial charge in [0.15, 0.2) is 0 Å². The Morgan fingerprint density at radius 1 is 0.514 bits per heavy atom. The van der Waals surface area contributed by atoms with Gasteiger partial charge in [-0.15, -0.1) is 0 Å². The first-order valence-electron chi connectivity index (χ1n) is 27.1. The van der Waals surface area contributed by atoms with E-state index in [0.29, 0.717) is 17.8 Å². The molecule has 74 heavy (non-hydrogen) atoms. The van der Waals surface area contributed by atoms with Gasteiger partial charge in [-0.2, -0.15) is 0 Å². The Bertz CT molecular complexity index is 4030. The second-order valence-corrected chi connectivity index (χ2v) is 23.0. The molecule has 1 fully saturated rings. The smallest absolute Gasteiger partial charge is 0.135 e. The van der Waals surface area contributed by atoms with Crippen molar-refractivity contribution in [3.63, 3.8) is 0 Å².